The Kier molecular flexibility index (Phi) is 4.06. The van der Waals surface area contributed by atoms with Gasteiger partial charge in [-0.2, -0.15) is 4.98 Å². The van der Waals surface area contributed by atoms with Gasteiger partial charge in [-0.05, 0) is 29.8 Å². The smallest absolute Gasteiger partial charge is 0.239 e. The van der Waals surface area contributed by atoms with Gasteiger partial charge in [0.05, 0.1) is 16.6 Å². The van der Waals surface area contributed by atoms with Crippen molar-refractivity contribution in [1.29, 1.82) is 0 Å². The number of halogens is 1. The average Bonchev–Trinajstić information content (AvgIpc) is 2.29. The Labute approximate surface area is 103 Å². The minimum absolute atomic E-state index is 0.0192. The number of rotatable bonds is 4. The summed E-state index contributed by atoms with van der Waals surface area (Å²) in [6.07, 6.45) is 1.61. The minimum atomic E-state index is -0.414. The standard InChI is InChI=1S/C9H16BrN5O/c1-9(2,5-16)15(3)7-6(10)4-12-8(13-7)14-11/h4,16H,5,11H2,1-3H3,(H,12,13,14). The number of nitrogens with two attached hydrogens (primary N) is 1. The summed E-state index contributed by atoms with van der Waals surface area (Å²) in [4.78, 5) is 10.1. The van der Waals surface area contributed by atoms with Gasteiger partial charge in [0.2, 0.25) is 5.95 Å². The van der Waals surface area contributed by atoms with E-state index in [0.717, 1.165) is 4.47 Å². The van der Waals surface area contributed by atoms with Gasteiger partial charge < -0.3 is 10.0 Å². The number of aliphatic hydroxyl groups excluding tert-OH is 1. The van der Waals surface area contributed by atoms with Crippen molar-refractivity contribution in [3.8, 4) is 0 Å². The molecule has 0 spiro atoms. The topological polar surface area (TPSA) is 87.3 Å². The Morgan fingerprint density at radius 1 is 1.62 bits per heavy atom. The fourth-order valence-electron chi connectivity index (χ4n) is 1.06. The van der Waals surface area contributed by atoms with Crippen LogP contribution in [0.2, 0.25) is 0 Å². The number of hydrogen-bond donors (Lipinski definition) is 3. The molecule has 0 aromatic carbocycles. The molecule has 7 heteroatoms. The lowest BCUT2D eigenvalue weighted by atomic mass is 10.1. The molecule has 0 aliphatic carbocycles. The van der Waals surface area contributed by atoms with E-state index in [4.69, 9.17) is 5.84 Å². The second kappa shape index (κ2) is 4.94. The van der Waals surface area contributed by atoms with Crippen LogP contribution in [0.1, 0.15) is 13.8 Å². The number of aromatic nitrogens is 2. The summed E-state index contributed by atoms with van der Waals surface area (Å²) in [6, 6.07) is 0. The molecule has 4 N–H and O–H groups in total. The minimum Gasteiger partial charge on any atom is -0.394 e. The van der Waals surface area contributed by atoms with Gasteiger partial charge in [0.15, 0.2) is 0 Å². The van der Waals surface area contributed by atoms with E-state index in [2.05, 4.69) is 31.3 Å². The van der Waals surface area contributed by atoms with Crippen molar-refractivity contribution in [2.24, 2.45) is 5.84 Å². The van der Waals surface area contributed by atoms with Gasteiger partial charge in [-0.3, -0.25) is 5.43 Å². The molecular formula is C9H16BrN5O. The van der Waals surface area contributed by atoms with Gasteiger partial charge in [-0.15, -0.1) is 0 Å². The second-order valence-electron chi connectivity index (χ2n) is 4.04. The molecule has 1 aromatic rings. The zero-order valence-corrected chi connectivity index (χ0v) is 11.1. The number of nitrogens with zero attached hydrogens (tertiary/aromatic N) is 3. The molecule has 0 saturated heterocycles. The Morgan fingerprint density at radius 2 is 2.25 bits per heavy atom. The SMILES string of the molecule is CN(c1nc(NN)ncc1Br)C(C)(C)CO. The van der Waals surface area contributed by atoms with Crippen LogP contribution in [0.5, 0.6) is 0 Å². The Bertz CT molecular complexity index is 371. The van der Waals surface area contributed by atoms with Crippen molar-refractivity contribution in [2.45, 2.75) is 19.4 Å². The molecule has 0 saturated carbocycles. The van der Waals surface area contributed by atoms with E-state index >= 15 is 0 Å². The maximum atomic E-state index is 9.30. The van der Waals surface area contributed by atoms with Crippen LogP contribution in [-0.2, 0) is 0 Å². The number of aliphatic hydroxyl groups is 1. The third-order valence-electron chi connectivity index (χ3n) is 2.47. The molecule has 1 rings (SSSR count). The zero-order valence-electron chi connectivity index (χ0n) is 9.53. The van der Waals surface area contributed by atoms with E-state index < -0.39 is 5.54 Å². The molecule has 16 heavy (non-hydrogen) atoms. The molecule has 0 unspecified atom stereocenters. The van der Waals surface area contributed by atoms with Crippen molar-refractivity contribution in [2.75, 3.05) is 24.0 Å². The number of nitrogens with one attached hydrogen (secondary N) is 1. The van der Waals surface area contributed by atoms with Crippen molar-refractivity contribution < 1.29 is 5.11 Å². The van der Waals surface area contributed by atoms with Crippen LogP contribution in [0, 0.1) is 0 Å². The molecule has 1 heterocycles. The summed E-state index contributed by atoms with van der Waals surface area (Å²) in [5.41, 5.74) is 1.97. The molecule has 0 amide bonds. The summed E-state index contributed by atoms with van der Waals surface area (Å²) in [5.74, 6) is 6.25. The number of nitrogen functional groups attached to an aromatic ring is 1. The lowest BCUT2D eigenvalue weighted by Crippen LogP contribution is -2.45. The van der Waals surface area contributed by atoms with Crippen LogP contribution in [0.15, 0.2) is 10.7 Å². The molecule has 0 aliphatic heterocycles. The van der Waals surface area contributed by atoms with Crippen LogP contribution in [-0.4, -0.2) is 34.3 Å². The highest BCUT2D eigenvalue weighted by molar-refractivity contribution is 9.10. The number of likely N-dealkylation sites (N-methyl/N-ethyl adjacent to an activating group) is 1. The van der Waals surface area contributed by atoms with E-state index in [0.29, 0.717) is 11.8 Å². The summed E-state index contributed by atoms with van der Waals surface area (Å²) < 4.78 is 0.746. The van der Waals surface area contributed by atoms with E-state index in [1.54, 1.807) is 6.20 Å². The van der Waals surface area contributed by atoms with Gasteiger partial charge >= 0.3 is 0 Å². The quantitative estimate of drug-likeness (QED) is 0.560. The number of anilines is 2. The predicted octanol–water partition coefficient (Wildman–Crippen LogP) is 0.732. The van der Waals surface area contributed by atoms with Crippen LogP contribution in [0.3, 0.4) is 0 Å². The summed E-state index contributed by atoms with van der Waals surface area (Å²) in [6.45, 7) is 3.85. The van der Waals surface area contributed by atoms with Gasteiger partial charge in [-0.1, -0.05) is 0 Å². The van der Waals surface area contributed by atoms with Crippen LogP contribution < -0.4 is 16.2 Å². The van der Waals surface area contributed by atoms with Gasteiger partial charge in [-0.25, -0.2) is 10.8 Å². The molecule has 0 atom stereocenters. The zero-order chi connectivity index (χ0) is 12.3. The van der Waals surface area contributed by atoms with Crippen LogP contribution in [0.4, 0.5) is 11.8 Å². The Balaban J connectivity index is 3.11. The normalized spacial score (nSPS) is 11.4. The van der Waals surface area contributed by atoms with Crippen LogP contribution >= 0.6 is 15.9 Å². The molecule has 0 aliphatic rings. The van der Waals surface area contributed by atoms with E-state index in [-0.39, 0.29) is 6.61 Å². The maximum absolute atomic E-state index is 9.30. The number of hydrazine groups is 1. The predicted molar refractivity (Wildman–Crippen MR) is 67.1 cm³/mol. The first-order valence-corrected chi connectivity index (χ1v) is 5.55. The second-order valence-corrected chi connectivity index (χ2v) is 4.89. The molecule has 1 aromatic heterocycles. The molecule has 0 radical (unpaired) electrons. The van der Waals surface area contributed by atoms with E-state index in [1.807, 2.05) is 25.8 Å². The average molecular weight is 290 g/mol. The highest BCUT2D eigenvalue weighted by Crippen LogP contribution is 2.28. The summed E-state index contributed by atoms with van der Waals surface area (Å²) >= 11 is 3.36. The van der Waals surface area contributed by atoms with Crippen LogP contribution in [0.25, 0.3) is 0 Å². The lowest BCUT2D eigenvalue weighted by Gasteiger charge is -2.35. The highest BCUT2D eigenvalue weighted by Gasteiger charge is 2.25. The summed E-state index contributed by atoms with van der Waals surface area (Å²) in [5, 5.41) is 9.30. The maximum Gasteiger partial charge on any atom is 0.239 e. The van der Waals surface area contributed by atoms with Crippen molar-refractivity contribution in [3.63, 3.8) is 0 Å². The first-order valence-electron chi connectivity index (χ1n) is 4.76. The largest absolute Gasteiger partial charge is 0.394 e. The van der Waals surface area contributed by atoms with E-state index in [1.165, 1.54) is 0 Å². The third kappa shape index (κ3) is 2.60. The van der Waals surface area contributed by atoms with Crippen molar-refractivity contribution in [3.05, 3.63) is 10.7 Å². The van der Waals surface area contributed by atoms with E-state index in [9.17, 15) is 5.11 Å². The lowest BCUT2D eigenvalue weighted by molar-refractivity contribution is 0.215. The van der Waals surface area contributed by atoms with Crippen molar-refractivity contribution in [1.82, 2.24) is 9.97 Å². The molecule has 90 valence electrons. The van der Waals surface area contributed by atoms with Gasteiger partial charge in [0, 0.05) is 13.2 Å². The first kappa shape index (κ1) is 13.1. The Morgan fingerprint density at radius 3 is 2.75 bits per heavy atom. The molecule has 6 nitrogen and oxygen atoms in total. The fraction of sp³-hybridized carbons (Fsp3) is 0.556. The number of hydrogen-bond acceptors (Lipinski definition) is 6. The monoisotopic (exact) mass is 289 g/mol. The summed E-state index contributed by atoms with van der Waals surface area (Å²) in [7, 11) is 1.85. The van der Waals surface area contributed by atoms with Gasteiger partial charge in [0.1, 0.15) is 5.82 Å². The van der Waals surface area contributed by atoms with Gasteiger partial charge in [0.25, 0.3) is 0 Å². The first-order chi connectivity index (χ1) is 7.42. The third-order valence-corrected chi connectivity index (χ3v) is 3.03. The molecule has 0 bridgehead atoms. The Hall–Kier alpha value is -0.920. The molecular weight excluding hydrogens is 274 g/mol. The van der Waals surface area contributed by atoms with Crippen molar-refractivity contribution >= 4 is 27.7 Å². The fourth-order valence-corrected chi connectivity index (χ4v) is 1.51. The molecule has 0 fully saturated rings. The highest BCUT2D eigenvalue weighted by atomic mass is 79.9.